The zero-order chi connectivity index (χ0) is 21.3. The summed E-state index contributed by atoms with van der Waals surface area (Å²) < 4.78 is 5.29. The molecule has 7 nitrogen and oxygen atoms in total. The quantitative estimate of drug-likeness (QED) is 0.807. The van der Waals surface area contributed by atoms with Gasteiger partial charge in [-0.1, -0.05) is 49.3 Å². The third kappa shape index (κ3) is 3.99. The summed E-state index contributed by atoms with van der Waals surface area (Å²) >= 11 is 0. The van der Waals surface area contributed by atoms with Gasteiger partial charge in [0.2, 0.25) is 11.7 Å². The van der Waals surface area contributed by atoms with Gasteiger partial charge in [0.25, 0.3) is 5.91 Å². The summed E-state index contributed by atoms with van der Waals surface area (Å²) in [6, 6.07) is 10.8. The molecule has 0 aliphatic carbocycles. The fourth-order valence-electron chi connectivity index (χ4n) is 4.71. The lowest BCUT2D eigenvalue weighted by Gasteiger charge is -2.47. The number of aliphatic hydroxyl groups excluding tert-OH is 1. The molecule has 160 valence electrons. The lowest BCUT2D eigenvalue weighted by Crippen LogP contribution is -2.60. The van der Waals surface area contributed by atoms with Crippen molar-refractivity contribution in [2.45, 2.75) is 51.7 Å². The number of benzene rings is 1. The van der Waals surface area contributed by atoms with Crippen molar-refractivity contribution in [3.05, 3.63) is 53.4 Å². The molecule has 0 bridgehead atoms. The molecular formula is C23H29N3O4. The number of hydrogen-bond acceptors (Lipinski definition) is 5. The summed E-state index contributed by atoms with van der Waals surface area (Å²) in [6.07, 6.45) is 1.72. The van der Waals surface area contributed by atoms with Crippen LogP contribution >= 0.6 is 0 Å². The minimum absolute atomic E-state index is 0.0998. The molecule has 0 radical (unpaired) electrons. The van der Waals surface area contributed by atoms with Crippen molar-refractivity contribution in [3.63, 3.8) is 0 Å². The van der Waals surface area contributed by atoms with E-state index in [2.05, 4.69) is 24.3 Å². The van der Waals surface area contributed by atoms with E-state index in [0.717, 1.165) is 17.7 Å². The van der Waals surface area contributed by atoms with E-state index in [1.54, 1.807) is 11.0 Å². The number of aliphatic hydroxyl groups is 1. The Hall–Kier alpha value is -2.67. The predicted molar refractivity (Wildman–Crippen MR) is 111 cm³/mol. The zero-order valence-electron chi connectivity index (χ0n) is 17.5. The van der Waals surface area contributed by atoms with Gasteiger partial charge in [-0.25, -0.2) is 0 Å². The fraction of sp³-hybridized carbons (Fsp3) is 0.522. The van der Waals surface area contributed by atoms with Gasteiger partial charge in [-0.05, 0) is 37.2 Å². The topological polar surface area (TPSA) is 95.7 Å². The van der Waals surface area contributed by atoms with E-state index in [1.165, 1.54) is 0 Å². The number of hydrogen-bond donors (Lipinski definition) is 2. The van der Waals surface area contributed by atoms with Crippen molar-refractivity contribution in [3.8, 4) is 0 Å². The SMILES string of the molecule is CC(C)Cc1cc(C(=O)N2CCC[C@@]3(C[C@@H](O)[C@H](c4ccccc4)NC3=O)C2)on1. The number of nitrogens with zero attached hydrogens (tertiary/aromatic N) is 2. The summed E-state index contributed by atoms with van der Waals surface area (Å²) in [4.78, 5) is 27.8. The average molecular weight is 412 g/mol. The summed E-state index contributed by atoms with van der Waals surface area (Å²) in [5, 5.41) is 17.9. The van der Waals surface area contributed by atoms with Gasteiger partial charge in [0, 0.05) is 19.2 Å². The third-order valence-electron chi connectivity index (χ3n) is 6.16. The summed E-state index contributed by atoms with van der Waals surface area (Å²) in [7, 11) is 0. The van der Waals surface area contributed by atoms with E-state index in [0.29, 0.717) is 31.7 Å². The Morgan fingerprint density at radius 1 is 1.37 bits per heavy atom. The summed E-state index contributed by atoms with van der Waals surface area (Å²) in [5.74, 6) is 0.282. The molecule has 4 rings (SSSR count). The molecule has 2 N–H and O–H groups in total. The first-order valence-corrected chi connectivity index (χ1v) is 10.7. The maximum absolute atomic E-state index is 13.1. The van der Waals surface area contributed by atoms with E-state index in [-0.39, 0.29) is 24.1 Å². The molecule has 1 aromatic heterocycles. The molecule has 2 amide bonds. The summed E-state index contributed by atoms with van der Waals surface area (Å²) in [6.45, 7) is 5.00. The molecule has 2 aliphatic heterocycles. The molecule has 3 heterocycles. The van der Waals surface area contributed by atoms with Gasteiger partial charge in [0.05, 0.1) is 23.3 Å². The van der Waals surface area contributed by atoms with Crippen molar-refractivity contribution < 1.29 is 19.2 Å². The molecular weight excluding hydrogens is 382 g/mol. The number of rotatable bonds is 4. The molecule has 7 heteroatoms. The van der Waals surface area contributed by atoms with Crippen LogP contribution in [0.1, 0.15) is 61.0 Å². The first-order valence-electron chi connectivity index (χ1n) is 10.7. The normalized spacial score (nSPS) is 26.8. The highest BCUT2D eigenvalue weighted by Crippen LogP contribution is 2.41. The van der Waals surface area contributed by atoms with Gasteiger partial charge >= 0.3 is 0 Å². The number of carbonyl (C=O) groups is 2. The second-order valence-corrected chi connectivity index (χ2v) is 9.02. The van der Waals surface area contributed by atoms with Crippen LogP contribution in [-0.4, -0.2) is 46.2 Å². The largest absolute Gasteiger partial charge is 0.391 e. The lowest BCUT2D eigenvalue weighted by molar-refractivity contribution is -0.144. The standard InChI is InChI=1S/C23H29N3O4/c1-15(2)11-17-12-19(30-25-17)21(28)26-10-6-9-23(14-26)13-18(27)20(24-22(23)29)16-7-4-3-5-8-16/h3-5,7-8,12,15,18,20,27H,6,9-11,13-14H2,1-2H3,(H,24,29)/t18-,20+,23-/m1/s1. The van der Waals surface area contributed by atoms with Crippen molar-refractivity contribution in [1.29, 1.82) is 0 Å². The average Bonchev–Trinajstić information content (AvgIpc) is 3.18. The molecule has 1 aromatic carbocycles. The number of nitrogens with one attached hydrogen (secondary N) is 1. The van der Waals surface area contributed by atoms with Crippen LogP contribution in [0, 0.1) is 11.3 Å². The highest BCUT2D eigenvalue weighted by molar-refractivity contribution is 5.92. The van der Waals surface area contributed by atoms with Crippen LogP contribution in [0.2, 0.25) is 0 Å². The third-order valence-corrected chi connectivity index (χ3v) is 6.16. The Balaban J connectivity index is 1.48. The van der Waals surface area contributed by atoms with Crippen LogP contribution in [0.3, 0.4) is 0 Å². The molecule has 30 heavy (non-hydrogen) atoms. The first kappa shape index (κ1) is 20.6. The predicted octanol–water partition coefficient (Wildman–Crippen LogP) is 2.72. The number of piperidine rings is 2. The minimum atomic E-state index is -0.778. The van der Waals surface area contributed by atoms with Gasteiger partial charge in [0.15, 0.2) is 0 Å². The number of carbonyl (C=O) groups excluding carboxylic acids is 2. The smallest absolute Gasteiger partial charge is 0.292 e. The highest BCUT2D eigenvalue weighted by Gasteiger charge is 2.50. The zero-order valence-corrected chi connectivity index (χ0v) is 17.5. The van der Waals surface area contributed by atoms with Gasteiger partial charge < -0.3 is 19.8 Å². The minimum Gasteiger partial charge on any atom is -0.391 e. The van der Waals surface area contributed by atoms with Gasteiger partial charge in [-0.3, -0.25) is 9.59 Å². The van der Waals surface area contributed by atoms with E-state index in [9.17, 15) is 14.7 Å². The maximum atomic E-state index is 13.1. The molecule has 0 saturated carbocycles. The van der Waals surface area contributed by atoms with E-state index >= 15 is 0 Å². The molecule has 2 saturated heterocycles. The second kappa shape index (κ2) is 8.22. The Labute approximate surface area is 176 Å². The van der Waals surface area contributed by atoms with Crippen molar-refractivity contribution in [1.82, 2.24) is 15.4 Å². The van der Waals surface area contributed by atoms with Crippen LogP contribution in [-0.2, 0) is 11.2 Å². The van der Waals surface area contributed by atoms with Gasteiger partial charge in [-0.2, -0.15) is 0 Å². The van der Waals surface area contributed by atoms with Crippen molar-refractivity contribution >= 4 is 11.8 Å². The molecule has 2 aliphatic rings. The second-order valence-electron chi connectivity index (χ2n) is 9.02. The summed E-state index contributed by atoms with van der Waals surface area (Å²) in [5.41, 5.74) is 0.868. The van der Waals surface area contributed by atoms with E-state index in [1.807, 2.05) is 30.3 Å². The van der Waals surface area contributed by atoms with Crippen LogP contribution in [0.15, 0.2) is 40.9 Å². The first-order chi connectivity index (χ1) is 14.4. The molecule has 1 spiro atoms. The van der Waals surface area contributed by atoms with E-state index in [4.69, 9.17) is 4.52 Å². The van der Waals surface area contributed by atoms with Crippen LogP contribution < -0.4 is 5.32 Å². The Kier molecular flexibility index (Phi) is 5.64. The number of likely N-dealkylation sites (tertiary alicyclic amines) is 1. The highest BCUT2D eigenvalue weighted by atomic mass is 16.5. The van der Waals surface area contributed by atoms with Crippen LogP contribution in [0.4, 0.5) is 0 Å². The Morgan fingerprint density at radius 3 is 2.87 bits per heavy atom. The van der Waals surface area contributed by atoms with Crippen molar-refractivity contribution in [2.75, 3.05) is 13.1 Å². The van der Waals surface area contributed by atoms with Gasteiger partial charge in [0.1, 0.15) is 0 Å². The van der Waals surface area contributed by atoms with Crippen LogP contribution in [0.25, 0.3) is 0 Å². The lowest BCUT2D eigenvalue weighted by atomic mass is 9.70. The Morgan fingerprint density at radius 2 is 2.13 bits per heavy atom. The number of aromatic nitrogens is 1. The molecule has 2 fully saturated rings. The number of amides is 2. The van der Waals surface area contributed by atoms with E-state index < -0.39 is 17.6 Å². The molecule has 3 atom stereocenters. The fourth-order valence-corrected chi connectivity index (χ4v) is 4.71. The van der Waals surface area contributed by atoms with Crippen LogP contribution in [0.5, 0.6) is 0 Å². The molecule has 0 unspecified atom stereocenters. The van der Waals surface area contributed by atoms with Crippen molar-refractivity contribution in [2.24, 2.45) is 11.3 Å². The monoisotopic (exact) mass is 411 g/mol. The molecule has 2 aromatic rings. The van der Waals surface area contributed by atoms with Gasteiger partial charge in [-0.15, -0.1) is 0 Å². The maximum Gasteiger partial charge on any atom is 0.292 e. The Bertz CT molecular complexity index is 910.